The van der Waals surface area contributed by atoms with Gasteiger partial charge in [0.1, 0.15) is 0 Å². The van der Waals surface area contributed by atoms with Crippen LogP contribution in [0.3, 0.4) is 0 Å². The maximum atomic E-state index is 5.13. The van der Waals surface area contributed by atoms with Crippen molar-refractivity contribution in [1.82, 2.24) is 10.2 Å². The molecule has 4 heteroatoms. The van der Waals surface area contributed by atoms with E-state index in [2.05, 4.69) is 10.2 Å². The van der Waals surface area contributed by atoms with Crippen LogP contribution in [0, 0.1) is 0 Å². The van der Waals surface area contributed by atoms with Gasteiger partial charge in [-0.25, -0.2) is 0 Å². The summed E-state index contributed by atoms with van der Waals surface area (Å²) in [5.41, 5.74) is 0. The average molecular weight is 244 g/mol. The van der Waals surface area contributed by atoms with Crippen LogP contribution in [0.4, 0.5) is 0 Å². The SMILES string of the molecule is COCCN(CCNC1CCCC1)CCOC. The summed E-state index contributed by atoms with van der Waals surface area (Å²) < 4.78 is 10.3. The minimum atomic E-state index is 0.765. The molecule has 0 radical (unpaired) electrons. The third-order valence-electron chi connectivity index (χ3n) is 3.44. The Kier molecular flexibility index (Phi) is 8.61. The van der Waals surface area contributed by atoms with Crippen LogP contribution in [-0.2, 0) is 9.47 Å². The highest BCUT2D eigenvalue weighted by Crippen LogP contribution is 2.17. The molecule has 0 aromatic rings. The molecule has 102 valence electrons. The van der Waals surface area contributed by atoms with Gasteiger partial charge in [0.25, 0.3) is 0 Å². The maximum Gasteiger partial charge on any atom is 0.0589 e. The predicted octanol–water partition coefficient (Wildman–Crippen LogP) is 1.11. The van der Waals surface area contributed by atoms with Crippen molar-refractivity contribution in [2.75, 3.05) is 53.6 Å². The lowest BCUT2D eigenvalue weighted by molar-refractivity contribution is 0.114. The molecule has 1 saturated carbocycles. The summed E-state index contributed by atoms with van der Waals surface area (Å²) in [5.74, 6) is 0. The molecule has 0 spiro atoms. The summed E-state index contributed by atoms with van der Waals surface area (Å²) in [7, 11) is 3.51. The molecule has 0 unspecified atom stereocenters. The van der Waals surface area contributed by atoms with Crippen LogP contribution in [0.1, 0.15) is 25.7 Å². The molecule has 0 aromatic heterocycles. The maximum absolute atomic E-state index is 5.13. The quantitative estimate of drug-likeness (QED) is 0.624. The first-order chi connectivity index (χ1) is 8.36. The van der Waals surface area contributed by atoms with E-state index in [1.54, 1.807) is 14.2 Å². The lowest BCUT2D eigenvalue weighted by atomic mass is 10.2. The molecule has 0 heterocycles. The standard InChI is InChI=1S/C13H28N2O2/c1-16-11-9-15(10-12-17-2)8-7-14-13-5-3-4-6-13/h13-14H,3-12H2,1-2H3. The number of rotatable bonds is 10. The fraction of sp³-hybridized carbons (Fsp3) is 1.00. The van der Waals surface area contributed by atoms with Crippen molar-refractivity contribution in [2.24, 2.45) is 0 Å². The Morgan fingerprint density at radius 3 is 2.12 bits per heavy atom. The highest BCUT2D eigenvalue weighted by atomic mass is 16.5. The zero-order chi connectivity index (χ0) is 12.3. The van der Waals surface area contributed by atoms with Crippen LogP contribution in [0.15, 0.2) is 0 Å². The van der Waals surface area contributed by atoms with Crippen molar-refractivity contribution in [1.29, 1.82) is 0 Å². The van der Waals surface area contributed by atoms with Gasteiger partial charge in [0.2, 0.25) is 0 Å². The Morgan fingerprint density at radius 2 is 1.59 bits per heavy atom. The van der Waals surface area contributed by atoms with E-state index >= 15 is 0 Å². The Labute approximate surface area is 106 Å². The van der Waals surface area contributed by atoms with Gasteiger partial charge in [-0.05, 0) is 12.8 Å². The van der Waals surface area contributed by atoms with Crippen LogP contribution in [-0.4, -0.2) is 64.6 Å². The minimum absolute atomic E-state index is 0.765. The Bertz CT molecular complexity index is 165. The summed E-state index contributed by atoms with van der Waals surface area (Å²) in [6, 6.07) is 0.765. The van der Waals surface area contributed by atoms with Crippen molar-refractivity contribution in [3.8, 4) is 0 Å². The Balaban J connectivity index is 2.08. The number of nitrogens with zero attached hydrogens (tertiary/aromatic N) is 1. The van der Waals surface area contributed by atoms with Crippen LogP contribution < -0.4 is 5.32 Å². The highest BCUT2D eigenvalue weighted by Gasteiger charge is 2.14. The van der Waals surface area contributed by atoms with E-state index < -0.39 is 0 Å². The van der Waals surface area contributed by atoms with Crippen molar-refractivity contribution in [3.05, 3.63) is 0 Å². The summed E-state index contributed by atoms with van der Waals surface area (Å²) in [5, 5.41) is 3.64. The monoisotopic (exact) mass is 244 g/mol. The second-order valence-corrected chi connectivity index (χ2v) is 4.76. The van der Waals surface area contributed by atoms with E-state index in [-0.39, 0.29) is 0 Å². The third-order valence-corrected chi connectivity index (χ3v) is 3.44. The van der Waals surface area contributed by atoms with Crippen LogP contribution in [0.2, 0.25) is 0 Å². The zero-order valence-electron chi connectivity index (χ0n) is 11.4. The lowest BCUT2D eigenvalue weighted by Crippen LogP contribution is -2.39. The smallest absolute Gasteiger partial charge is 0.0589 e. The fourth-order valence-corrected chi connectivity index (χ4v) is 2.33. The molecule has 1 rings (SSSR count). The second kappa shape index (κ2) is 9.83. The molecule has 4 nitrogen and oxygen atoms in total. The van der Waals surface area contributed by atoms with Gasteiger partial charge in [0.05, 0.1) is 13.2 Å². The molecule has 17 heavy (non-hydrogen) atoms. The molecule has 0 saturated heterocycles. The fourth-order valence-electron chi connectivity index (χ4n) is 2.33. The first kappa shape index (κ1) is 14.9. The average Bonchev–Trinajstić information content (AvgIpc) is 2.85. The molecule has 1 aliphatic rings. The van der Waals surface area contributed by atoms with Gasteiger partial charge >= 0.3 is 0 Å². The summed E-state index contributed by atoms with van der Waals surface area (Å²) in [6.07, 6.45) is 5.51. The number of hydrogen-bond acceptors (Lipinski definition) is 4. The molecule has 1 aliphatic carbocycles. The van der Waals surface area contributed by atoms with E-state index in [0.717, 1.165) is 45.4 Å². The van der Waals surface area contributed by atoms with Crippen molar-refractivity contribution >= 4 is 0 Å². The lowest BCUT2D eigenvalue weighted by Gasteiger charge is -2.22. The topological polar surface area (TPSA) is 33.7 Å². The second-order valence-electron chi connectivity index (χ2n) is 4.76. The largest absolute Gasteiger partial charge is 0.383 e. The zero-order valence-corrected chi connectivity index (χ0v) is 11.4. The minimum Gasteiger partial charge on any atom is -0.383 e. The van der Waals surface area contributed by atoms with E-state index in [4.69, 9.17) is 9.47 Å². The van der Waals surface area contributed by atoms with Crippen LogP contribution >= 0.6 is 0 Å². The Hall–Kier alpha value is -0.160. The number of methoxy groups -OCH3 is 2. The molecular formula is C13H28N2O2. The molecule has 0 atom stereocenters. The van der Waals surface area contributed by atoms with Gasteiger partial charge in [-0.15, -0.1) is 0 Å². The highest BCUT2D eigenvalue weighted by molar-refractivity contribution is 4.74. The number of ether oxygens (including phenoxy) is 2. The number of hydrogen-bond donors (Lipinski definition) is 1. The van der Waals surface area contributed by atoms with E-state index in [1.807, 2.05) is 0 Å². The summed E-state index contributed by atoms with van der Waals surface area (Å²) in [6.45, 7) is 5.75. The van der Waals surface area contributed by atoms with Gasteiger partial charge in [-0.2, -0.15) is 0 Å². The molecule has 0 aromatic carbocycles. The van der Waals surface area contributed by atoms with Crippen LogP contribution in [0.25, 0.3) is 0 Å². The van der Waals surface area contributed by atoms with E-state index in [9.17, 15) is 0 Å². The van der Waals surface area contributed by atoms with Gasteiger partial charge in [-0.1, -0.05) is 12.8 Å². The van der Waals surface area contributed by atoms with Gasteiger partial charge < -0.3 is 14.8 Å². The first-order valence-corrected chi connectivity index (χ1v) is 6.80. The third kappa shape index (κ3) is 6.99. The molecule has 0 amide bonds. The molecule has 1 N–H and O–H groups in total. The van der Waals surface area contributed by atoms with Gasteiger partial charge in [0.15, 0.2) is 0 Å². The van der Waals surface area contributed by atoms with Crippen molar-refractivity contribution < 1.29 is 9.47 Å². The molecule has 1 fully saturated rings. The van der Waals surface area contributed by atoms with E-state index in [1.165, 1.54) is 25.7 Å². The van der Waals surface area contributed by atoms with Crippen LogP contribution in [0.5, 0.6) is 0 Å². The molecular weight excluding hydrogens is 216 g/mol. The summed E-state index contributed by atoms with van der Waals surface area (Å²) >= 11 is 0. The molecule has 0 bridgehead atoms. The van der Waals surface area contributed by atoms with Crippen molar-refractivity contribution in [3.63, 3.8) is 0 Å². The predicted molar refractivity (Wildman–Crippen MR) is 70.5 cm³/mol. The van der Waals surface area contributed by atoms with Gasteiger partial charge in [-0.3, -0.25) is 4.90 Å². The molecule has 0 aliphatic heterocycles. The Morgan fingerprint density at radius 1 is 1.00 bits per heavy atom. The van der Waals surface area contributed by atoms with Crippen molar-refractivity contribution in [2.45, 2.75) is 31.7 Å². The normalized spacial score (nSPS) is 17.1. The first-order valence-electron chi connectivity index (χ1n) is 6.80. The van der Waals surface area contributed by atoms with E-state index in [0.29, 0.717) is 0 Å². The number of nitrogens with one attached hydrogen (secondary N) is 1. The van der Waals surface area contributed by atoms with Gasteiger partial charge in [0, 0.05) is 46.4 Å². The summed E-state index contributed by atoms with van der Waals surface area (Å²) in [4.78, 5) is 2.40.